The second kappa shape index (κ2) is 6.35. The first kappa shape index (κ1) is 16.3. The second-order valence-corrected chi connectivity index (χ2v) is 6.48. The fourth-order valence-corrected chi connectivity index (χ4v) is 2.07. The topological polar surface area (TPSA) is 89.0 Å². The van der Waals surface area contributed by atoms with E-state index in [0.29, 0.717) is 17.1 Å². The quantitative estimate of drug-likeness (QED) is 0.470. The first-order valence-corrected chi connectivity index (χ1v) is 7.30. The Morgan fingerprint density at radius 1 is 1.23 bits per heavy atom. The van der Waals surface area contributed by atoms with E-state index >= 15 is 0 Å². The fourth-order valence-electron chi connectivity index (χ4n) is 1.64. The van der Waals surface area contributed by atoms with E-state index in [1.807, 2.05) is 0 Å². The van der Waals surface area contributed by atoms with Crippen molar-refractivity contribution in [1.82, 2.24) is 10.7 Å². The molecule has 0 aromatic heterocycles. The predicted octanol–water partition coefficient (Wildman–Crippen LogP) is 1.54. The number of benzene rings is 1. The standard InChI is InChI=1S/C14H16BrN3O4/c1-14(2,3)17-12(19)13(20)18-16-6-8-4-10-11(5-9(8)15)22-7-21-10/h4-6H,7H2,1-3H3,(H,17,19)(H,18,20)/b16-6-. The zero-order valence-corrected chi connectivity index (χ0v) is 14.0. The van der Waals surface area contributed by atoms with Crippen LogP contribution in [0.25, 0.3) is 0 Å². The van der Waals surface area contributed by atoms with Crippen molar-refractivity contribution < 1.29 is 19.1 Å². The number of halogens is 1. The molecule has 8 heteroatoms. The van der Waals surface area contributed by atoms with Gasteiger partial charge in [0.1, 0.15) is 0 Å². The molecular formula is C14H16BrN3O4. The number of carbonyl (C=O) groups excluding carboxylic acids is 2. The Morgan fingerprint density at radius 3 is 2.50 bits per heavy atom. The SMILES string of the molecule is CC(C)(C)NC(=O)C(=O)N/N=C\c1cc2c(cc1Br)OCO2. The number of carbonyl (C=O) groups is 2. The van der Waals surface area contributed by atoms with Crippen molar-refractivity contribution in [3.05, 3.63) is 22.2 Å². The monoisotopic (exact) mass is 369 g/mol. The van der Waals surface area contributed by atoms with Crippen molar-refractivity contribution in [2.45, 2.75) is 26.3 Å². The highest BCUT2D eigenvalue weighted by atomic mass is 79.9. The summed E-state index contributed by atoms with van der Waals surface area (Å²) in [6.07, 6.45) is 1.41. The summed E-state index contributed by atoms with van der Waals surface area (Å²) in [5.74, 6) is -0.337. The van der Waals surface area contributed by atoms with Crippen LogP contribution in [0.2, 0.25) is 0 Å². The van der Waals surface area contributed by atoms with E-state index in [1.165, 1.54) is 6.21 Å². The van der Waals surface area contributed by atoms with Crippen LogP contribution in [0.4, 0.5) is 0 Å². The summed E-state index contributed by atoms with van der Waals surface area (Å²) in [7, 11) is 0. The number of nitrogens with zero attached hydrogens (tertiary/aromatic N) is 1. The fraction of sp³-hybridized carbons (Fsp3) is 0.357. The molecule has 0 spiro atoms. The highest BCUT2D eigenvalue weighted by Gasteiger charge is 2.20. The van der Waals surface area contributed by atoms with Gasteiger partial charge < -0.3 is 14.8 Å². The van der Waals surface area contributed by atoms with E-state index < -0.39 is 17.4 Å². The number of rotatable bonds is 2. The average molecular weight is 370 g/mol. The first-order chi connectivity index (χ1) is 10.3. The van der Waals surface area contributed by atoms with Crippen molar-refractivity contribution in [3.8, 4) is 11.5 Å². The Balaban J connectivity index is 1.98. The molecule has 1 aliphatic rings. The zero-order valence-electron chi connectivity index (χ0n) is 12.4. The molecule has 2 N–H and O–H groups in total. The van der Waals surface area contributed by atoms with Crippen LogP contribution in [0.1, 0.15) is 26.3 Å². The maximum Gasteiger partial charge on any atom is 0.329 e. The molecule has 2 rings (SSSR count). The highest BCUT2D eigenvalue weighted by Crippen LogP contribution is 2.36. The molecular weight excluding hydrogens is 354 g/mol. The molecule has 0 aliphatic carbocycles. The van der Waals surface area contributed by atoms with E-state index in [0.717, 1.165) is 4.47 Å². The lowest BCUT2D eigenvalue weighted by molar-refractivity contribution is -0.140. The molecule has 0 bridgehead atoms. The summed E-state index contributed by atoms with van der Waals surface area (Å²) in [6.45, 7) is 5.52. The number of hydrazone groups is 1. The Bertz CT molecular complexity index is 638. The first-order valence-electron chi connectivity index (χ1n) is 6.51. The molecule has 118 valence electrons. The van der Waals surface area contributed by atoms with Crippen LogP contribution in [0.3, 0.4) is 0 Å². The number of hydrogen-bond acceptors (Lipinski definition) is 5. The van der Waals surface area contributed by atoms with E-state index in [9.17, 15) is 9.59 Å². The highest BCUT2D eigenvalue weighted by molar-refractivity contribution is 9.10. The smallest absolute Gasteiger partial charge is 0.329 e. The normalized spacial score (nSPS) is 13.3. The van der Waals surface area contributed by atoms with Crippen molar-refractivity contribution in [3.63, 3.8) is 0 Å². The van der Waals surface area contributed by atoms with Crippen molar-refractivity contribution >= 4 is 34.0 Å². The van der Waals surface area contributed by atoms with Gasteiger partial charge in [-0.1, -0.05) is 0 Å². The number of fused-ring (bicyclic) bond motifs is 1. The van der Waals surface area contributed by atoms with Gasteiger partial charge in [-0.2, -0.15) is 5.10 Å². The lowest BCUT2D eigenvalue weighted by Crippen LogP contribution is -2.47. The van der Waals surface area contributed by atoms with E-state index in [-0.39, 0.29) is 6.79 Å². The molecule has 0 saturated heterocycles. The molecule has 0 saturated carbocycles. The van der Waals surface area contributed by atoms with Crippen LogP contribution in [0, 0.1) is 0 Å². The molecule has 1 aromatic carbocycles. The lowest BCUT2D eigenvalue weighted by atomic mass is 10.1. The summed E-state index contributed by atoms with van der Waals surface area (Å²) >= 11 is 3.37. The number of amides is 2. The van der Waals surface area contributed by atoms with Gasteiger partial charge in [0.2, 0.25) is 6.79 Å². The van der Waals surface area contributed by atoms with Crippen LogP contribution in [-0.4, -0.2) is 30.4 Å². The third kappa shape index (κ3) is 4.20. The van der Waals surface area contributed by atoms with Crippen LogP contribution in [-0.2, 0) is 9.59 Å². The summed E-state index contributed by atoms with van der Waals surface area (Å²) in [5.41, 5.74) is 2.37. The van der Waals surface area contributed by atoms with Crippen LogP contribution >= 0.6 is 15.9 Å². The van der Waals surface area contributed by atoms with Gasteiger partial charge in [0.15, 0.2) is 11.5 Å². The Hall–Kier alpha value is -2.09. The molecule has 1 aliphatic heterocycles. The molecule has 1 heterocycles. The molecule has 0 radical (unpaired) electrons. The minimum atomic E-state index is -0.831. The Kier molecular flexibility index (Phi) is 4.70. The summed E-state index contributed by atoms with van der Waals surface area (Å²) in [5, 5.41) is 6.31. The molecule has 0 fully saturated rings. The number of nitrogens with one attached hydrogen (secondary N) is 2. The molecule has 0 unspecified atom stereocenters. The summed E-state index contributed by atoms with van der Waals surface area (Å²) < 4.78 is 11.2. The lowest BCUT2D eigenvalue weighted by Gasteiger charge is -2.19. The molecule has 2 amide bonds. The van der Waals surface area contributed by atoms with Gasteiger partial charge in [-0.25, -0.2) is 5.43 Å². The van der Waals surface area contributed by atoms with Gasteiger partial charge in [0.25, 0.3) is 0 Å². The zero-order chi connectivity index (χ0) is 16.3. The maximum atomic E-state index is 11.6. The van der Waals surface area contributed by atoms with Gasteiger partial charge in [-0.3, -0.25) is 9.59 Å². The minimum Gasteiger partial charge on any atom is -0.454 e. The van der Waals surface area contributed by atoms with Gasteiger partial charge in [0, 0.05) is 15.6 Å². The molecule has 7 nitrogen and oxygen atoms in total. The summed E-state index contributed by atoms with van der Waals surface area (Å²) in [4.78, 5) is 23.2. The van der Waals surface area contributed by atoms with Gasteiger partial charge in [0.05, 0.1) is 6.21 Å². The summed E-state index contributed by atoms with van der Waals surface area (Å²) in [6, 6.07) is 3.47. The van der Waals surface area contributed by atoms with Crippen molar-refractivity contribution in [2.24, 2.45) is 5.10 Å². The number of ether oxygens (including phenoxy) is 2. The maximum absolute atomic E-state index is 11.6. The van der Waals surface area contributed by atoms with Gasteiger partial charge in [-0.15, -0.1) is 0 Å². The van der Waals surface area contributed by atoms with Crippen LogP contribution < -0.4 is 20.2 Å². The Labute approximate surface area is 136 Å². The van der Waals surface area contributed by atoms with Gasteiger partial charge >= 0.3 is 11.8 Å². The van der Waals surface area contributed by atoms with Crippen molar-refractivity contribution in [2.75, 3.05) is 6.79 Å². The van der Waals surface area contributed by atoms with Gasteiger partial charge in [-0.05, 0) is 48.8 Å². The molecule has 22 heavy (non-hydrogen) atoms. The van der Waals surface area contributed by atoms with E-state index in [4.69, 9.17) is 9.47 Å². The van der Waals surface area contributed by atoms with Crippen LogP contribution in [0.15, 0.2) is 21.7 Å². The van der Waals surface area contributed by atoms with Crippen molar-refractivity contribution in [1.29, 1.82) is 0 Å². The second-order valence-electron chi connectivity index (χ2n) is 5.63. The number of hydrogen-bond donors (Lipinski definition) is 2. The molecule has 0 atom stereocenters. The average Bonchev–Trinajstić information content (AvgIpc) is 2.83. The Morgan fingerprint density at radius 2 is 1.86 bits per heavy atom. The third-order valence-corrected chi connectivity index (χ3v) is 3.24. The largest absolute Gasteiger partial charge is 0.454 e. The predicted molar refractivity (Wildman–Crippen MR) is 83.9 cm³/mol. The minimum absolute atomic E-state index is 0.173. The van der Waals surface area contributed by atoms with E-state index in [1.54, 1.807) is 32.9 Å². The van der Waals surface area contributed by atoms with E-state index in [2.05, 4.69) is 31.8 Å². The third-order valence-electron chi connectivity index (χ3n) is 2.56. The molecule has 1 aromatic rings. The van der Waals surface area contributed by atoms with Crippen LogP contribution in [0.5, 0.6) is 11.5 Å².